The summed E-state index contributed by atoms with van der Waals surface area (Å²) >= 11 is 0. The number of amides is 6. The van der Waals surface area contributed by atoms with E-state index in [1.165, 1.54) is 0 Å². The molecule has 6 amide bonds. The van der Waals surface area contributed by atoms with E-state index in [1.807, 2.05) is 5.32 Å². The molecule has 29 heteroatoms. The quantitative estimate of drug-likeness (QED) is 0.0452. The van der Waals surface area contributed by atoms with Crippen LogP contribution < -0.4 is 37.6 Å². The molecular formula is C36H63N7O22. The van der Waals surface area contributed by atoms with E-state index >= 15 is 0 Å². The van der Waals surface area contributed by atoms with Crippen molar-refractivity contribution < 1.29 is 109 Å². The largest absolute Gasteiger partial charge is 0.480 e. The second-order valence-corrected chi connectivity index (χ2v) is 15.6. The van der Waals surface area contributed by atoms with Crippen molar-refractivity contribution in [2.24, 2.45) is 5.73 Å². The summed E-state index contributed by atoms with van der Waals surface area (Å²) in [6.45, 7) is 3.61. The minimum Gasteiger partial charge on any atom is -0.480 e. The van der Waals surface area contributed by atoms with Crippen molar-refractivity contribution in [3.05, 3.63) is 0 Å². The van der Waals surface area contributed by atoms with E-state index in [4.69, 9.17) is 29.8 Å². The van der Waals surface area contributed by atoms with E-state index in [-0.39, 0.29) is 0 Å². The number of hydrogen-bond acceptors (Lipinski definition) is 22. The average Bonchev–Trinajstić information content (AvgIpc) is 3.22. The van der Waals surface area contributed by atoms with Gasteiger partial charge in [0.25, 0.3) is 0 Å². The molecule has 374 valence electrons. The summed E-state index contributed by atoms with van der Waals surface area (Å²) in [6.07, 6.45) is -24.8. The Morgan fingerprint density at radius 2 is 1.05 bits per heavy atom. The van der Waals surface area contributed by atoms with Crippen LogP contribution in [0.1, 0.15) is 41.5 Å². The van der Waals surface area contributed by atoms with Gasteiger partial charge < -0.3 is 113 Å². The Labute approximate surface area is 370 Å². The highest BCUT2D eigenvalue weighted by molar-refractivity contribution is 5.97. The highest BCUT2D eigenvalue weighted by atomic mass is 16.7. The molecule has 19 N–H and O–H groups in total. The first-order valence-electron chi connectivity index (χ1n) is 20.2. The van der Waals surface area contributed by atoms with Gasteiger partial charge in [-0.1, -0.05) is 0 Å². The molecule has 2 fully saturated rings. The Morgan fingerprint density at radius 3 is 1.49 bits per heavy atom. The average molecular weight is 946 g/mol. The number of aliphatic carboxylic acids is 1. The molecule has 0 spiro atoms. The van der Waals surface area contributed by atoms with Crippen LogP contribution in [0.5, 0.6) is 0 Å². The van der Waals surface area contributed by atoms with Gasteiger partial charge in [-0.2, -0.15) is 0 Å². The number of carboxylic acid groups (broad SMARTS) is 1. The summed E-state index contributed by atoms with van der Waals surface area (Å²) < 4.78 is 22.8. The van der Waals surface area contributed by atoms with Crippen LogP contribution >= 0.6 is 0 Å². The maximum absolute atomic E-state index is 14.2. The molecule has 2 rings (SSSR count). The highest BCUT2D eigenvalue weighted by Gasteiger charge is 2.52. The summed E-state index contributed by atoms with van der Waals surface area (Å²) in [6, 6.07) is -11.2. The van der Waals surface area contributed by atoms with Gasteiger partial charge in [0.15, 0.2) is 12.6 Å². The molecule has 2 aliphatic rings. The van der Waals surface area contributed by atoms with Crippen molar-refractivity contribution in [2.45, 2.75) is 164 Å². The molecule has 2 saturated heterocycles. The van der Waals surface area contributed by atoms with Crippen LogP contribution in [0, 0.1) is 0 Å². The number of hydrogen-bond donors (Lipinski definition) is 18. The number of ether oxygens (including phenoxy) is 4. The molecule has 0 bridgehead atoms. The molecule has 2 aliphatic heterocycles. The molecule has 0 aromatic carbocycles. The Kier molecular flexibility index (Phi) is 22.3. The van der Waals surface area contributed by atoms with Crippen molar-refractivity contribution in [3.63, 3.8) is 0 Å². The van der Waals surface area contributed by atoms with Crippen LogP contribution in [0.25, 0.3) is 0 Å². The molecule has 0 radical (unpaired) electrons. The van der Waals surface area contributed by atoms with Gasteiger partial charge in [-0.3, -0.25) is 33.6 Å². The Morgan fingerprint density at radius 1 is 0.600 bits per heavy atom. The fourth-order valence-corrected chi connectivity index (χ4v) is 6.45. The van der Waals surface area contributed by atoms with Gasteiger partial charge in [0.1, 0.15) is 85.5 Å². The lowest BCUT2D eigenvalue weighted by Crippen LogP contribution is -2.69. The normalized spacial score (nSPS) is 30.3. The molecule has 0 aliphatic carbocycles. The second kappa shape index (κ2) is 25.6. The van der Waals surface area contributed by atoms with Gasteiger partial charge in [-0.05, 0) is 34.6 Å². The van der Waals surface area contributed by atoms with Gasteiger partial charge in [-0.25, -0.2) is 0 Å². The molecule has 2 heterocycles. The van der Waals surface area contributed by atoms with Gasteiger partial charge >= 0.3 is 5.97 Å². The standard InChI is InChI=1S/C36H63N7O22/c1-10(46)19(37)30(57)40-21(12(3)48)33(60)43-23(34(61)42-22(13(4)49)32(59)41-20(11(2)47)31(58)38-7-18(51)52)14(5)62-35-24(39-15(6)50)26(54)29(17(9-45)64-35)65-36-28(56)27(55)25(53)16(8-44)63-36/h10-14,16-17,19-29,35-36,44-49,53-56H,7-9,37H2,1-6H3,(H,38,58)(H,39,50)(H,40,57)(H,41,59)(H,42,61)(H,43,60)(H,51,52)/t10-,11-,12-,13-,14-,16-,17-,19+,20+,21+,22+,23+,24-,25+,26-,27+,28-,29-,35+,36+/m1/s1. The molecule has 0 saturated carbocycles. The summed E-state index contributed by atoms with van der Waals surface area (Å²) in [4.78, 5) is 90.1. The molecular weight excluding hydrogens is 882 g/mol. The lowest BCUT2D eigenvalue weighted by Gasteiger charge is -2.47. The predicted octanol–water partition coefficient (Wildman–Crippen LogP) is -10.9. The lowest BCUT2D eigenvalue weighted by molar-refractivity contribution is -0.350. The van der Waals surface area contributed by atoms with E-state index in [0.29, 0.717) is 0 Å². The van der Waals surface area contributed by atoms with Crippen LogP contribution in [-0.4, -0.2) is 239 Å². The highest BCUT2D eigenvalue weighted by Crippen LogP contribution is 2.30. The summed E-state index contributed by atoms with van der Waals surface area (Å²) in [5.74, 6) is -8.65. The summed E-state index contributed by atoms with van der Waals surface area (Å²) in [5, 5.41) is 125. The molecule has 0 unspecified atom stereocenters. The number of carbonyl (C=O) groups is 7. The predicted molar refractivity (Wildman–Crippen MR) is 212 cm³/mol. The Hall–Kier alpha value is -4.31. The topological polar surface area (TPSA) is 477 Å². The maximum atomic E-state index is 14.2. The van der Waals surface area contributed by atoms with Gasteiger partial charge in [0, 0.05) is 6.92 Å². The van der Waals surface area contributed by atoms with Crippen molar-refractivity contribution in [3.8, 4) is 0 Å². The van der Waals surface area contributed by atoms with Crippen LogP contribution in [0.2, 0.25) is 0 Å². The third kappa shape index (κ3) is 15.6. The zero-order valence-corrected chi connectivity index (χ0v) is 36.2. The molecule has 29 nitrogen and oxygen atoms in total. The van der Waals surface area contributed by atoms with Gasteiger partial charge in [0.05, 0.1) is 43.7 Å². The molecule has 0 aromatic rings. The van der Waals surface area contributed by atoms with Crippen LogP contribution in [-0.2, 0) is 52.5 Å². The Balaban J connectivity index is 2.57. The van der Waals surface area contributed by atoms with Crippen LogP contribution in [0.4, 0.5) is 0 Å². The third-order valence-corrected chi connectivity index (χ3v) is 10.2. The van der Waals surface area contributed by atoms with Crippen LogP contribution in [0.3, 0.4) is 0 Å². The van der Waals surface area contributed by atoms with Gasteiger partial charge in [0.2, 0.25) is 35.4 Å². The SMILES string of the molecule is CC(=O)N[C@H]1[C@@H](O[C@H](C)[C@H](NC(=O)[C@@H](NC(=O)[C@@H](N)[C@@H](C)O)[C@@H](C)O)C(=O)N[C@H](C(=O)N[C@H](C(=O)NCC(=O)O)[C@@H](C)O)[C@@H](C)O)O[C@H](CO)[C@@H](O[C@@H]2O[C@H](CO)[C@H](O)[C@H](O)[C@H]2O)[C@@H]1O. The molecule has 0 aromatic heterocycles. The minimum absolute atomic E-state index is 0.834. The fourth-order valence-electron chi connectivity index (χ4n) is 6.45. The number of carbonyl (C=O) groups excluding carboxylic acids is 6. The zero-order chi connectivity index (χ0) is 49.8. The van der Waals surface area contributed by atoms with E-state index in [1.54, 1.807) is 0 Å². The third-order valence-electron chi connectivity index (χ3n) is 10.2. The van der Waals surface area contributed by atoms with Crippen molar-refractivity contribution in [1.82, 2.24) is 31.9 Å². The maximum Gasteiger partial charge on any atom is 0.322 e. The van der Waals surface area contributed by atoms with Crippen molar-refractivity contribution >= 4 is 41.4 Å². The van der Waals surface area contributed by atoms with Crippen molar-refractivity contribution in [1.29, 1.82) is 0 Å². The van der Waals surface area contributed by atoms with Crippen LogP contribution in [0.15, 0.2) is 0 Å². The summed E-state index contributed by atoms with van der Waals surface area (Å²) in [7, 11) is 0. The number of nitrogens with one attached hydrogen (secondary N) is 6. The van der Waals surface area contributed by atoms with E-state index < -0.39 is 183 Å². The van der Waals surface area contributed by atoms with E-state index in [2.05, 4.69) is 26.6 Å². The smallest absolute Gasteiger partial charge is 0.322 e. The first kappa shape index (κ1) is 56.8. The number of aliphatic hydroxyl groups excluding tert-OH is 10. The number of carboxylic acids is 1. The number of nitrogens with two attached hydrogens (primary N) is 1. The first-order chi connectivity index (χ1) is 30.2. The Bertz CT molecular complexity index is 1620. The second-order valence-electron chi connectivity index (χ2n) is 15.6. The van der Waals surface area contributed by atoms with E-state index in [0.717, 1.165) is 41.5 Å². The molecule has 65 heavy (non-hydrogen) atoms. The molecule has 20 atom stereocenters. The fraction of sp³-hybridized carbons (Fsp3) is 0.806. The number of rotatable bonds is 23. The number of aliphatic hydroxyl groups is 10. The minimum atomic E-state index is -2.10. The lowest BCUT2D eigenvalue weighted by atomic mass is 9.95. The summed E-state index contributed by atoms with van der Waals surface area (Å²) in [5.41, 5.74) is 5.67. The first-order valence-corrected chi connectivity index (χ1v) is 20.2. The van der Waals surface area contributed by atoms with E-state index in [9.17, 15) is 84.6 Å². The zero-order valence-electron chi connectivity index (χ0n) is 36.2. The van der Waals surface area contributed by atoms with Gasteiger partial charge in [-0.15, -0.1) is 0 Å². The van der Waals surface area contributed by atoms with Crippen molar-refractivity contribution in [2.75, 3.05) is 19.8 Å². The monoisotopic (exact) mass is 945 g/mol.